The zero-order valence-electron chi connectivity index (χ0n) is 12.4. The number of hydrogen-bond donors (Lipinski definition) is 0. The molecule has 102 valence electrons. The molecule has 8 atom stereocenters. The Kier molecular flexibility index (Phi) is 2.62. The normalized spacial score (nSPS) is 61.2. The lowest BCUT2D eigenvalue weighted by atomic mass is 9.67. The Morgan fingerprint density at radius 1 is 0.667 bits per heavy atom. The van der Waals surface area contributed by atoms with Crippen LogP contribution in [0.1, 0.15) is 59.3 Å². The van der Waals surface area contributed by atoms with Crippen LogP contribution in [0, 0.1) is 53.3 Å². The van der Waals surface area contributed by atoms with Crippen LogP contribution in [-0.4, -0.2) is 0 Å². The second-order valence-corrected chi connectivity index (χ2v) is 8.19. The first-order chi connectivity index (χ1) is 8.74. The van der Waals surface area contributed by atoms with E-state index in [0.717, 1.165) is 53.3 Å². The number of fused-ring (bicyclic) bond motifs is 8. The largest absolute Gasteiger partial charge is 0.0651 e. The molecule has 0 aromatic heterocycles. The van der Waals surface area contributed by atoms with Gasteiger partial charge in [0.25, 0.3) is 0 Å². The van der Waals surface area contributed by atoms with Crippen LogP contribution in [0.4, 0.5) is 0 Å². The van der Waals surface area contributed by atoms with Gasteiger partial charge in [0.05, 0.1) is 0 Å². The van der Waals surface area contributed by atoms with Crippen molar-refractivity contribution in [3.63, 3.8) is 0 Å². The van der Waals surface area contributed by atoms with Crippen molar-refractivity contribution >= 4 is 0 Å². The summed E-state index contributed by atoms with van der Waals surface area (Å²) in [4.78, 5) is 0. The lowest BCUT2D eigenvalue weighted by Gasteiger charge is -2.38. The van der Waals surface area contributed by atoms with E-state index in [4.69, 9.17) is 0 Å². The molecule has 4 aliphatic rings. The predicted octanol–water partition coefficient (Wildman–Crippen LogP) is 4.99. The molecular weight excluding hydrogens is 216 g/mol. The SMILES string of the molecule is CCC1CC(CC)C2C3CC(C4CC(C)CC43)C12. The first kappa shape index (κ1) is 11.8. The van der Waals surface area contributed by atoms with Gasteiger partial charge in [0.15, 0.2) is 0 Å². The molecule has 0 nitrogen and oxygen atoms in total. The molecule has 18 heavy (non-hydrogen) atoms. The van der Waals surface area contributed by atoms with Crippen LogP contribution >= 0.6 is 0 Å². The molecule has 0 radical (unpaired) electrons. The summed E-state index contributed by atoms with van der Waals surface area (Å²) in [7, 11) is 0. The predicted molar refractivity (Wildman–Crippen MR) is 76.1 cm³/mol. The minimum absolute atomic E-state index is 1.05. The Labute approximate surface area is 113 Å². The van der Waals surface area contributed by atoms with E-state index in [0.29, 0.717) is 0 Å². The van der Waals surface area contributed by atoms with Crippen molar-refractivity contribution in [1.82, 2.24) is 0 Å². The third kappa shape index (κ3) is 1.33. The van der Waals surface area contributed by atoms with E-state index in [-0.39, 0.29) is 0 Å². The molecular formula is C18H30. The first-order valence-corrected chi connectivity index (χ1v) is 8.74. The van der Waals surface area contributed by atoms with Gasteiger partial charge in [0, 0.05) is 0 Å². The summed E-state index contributed by atoms with van der Waals surface area (Å²) in [6.07, 6.45) is 9.33. The van der Waals surface area contributed by atoms with Crippen molar-refractivity contribution < 1.29 is 0 Å². The summed E-state index contributed by atoms with van der Waals surface area (Å²) in [6.45, 7) is 7.43. The summed E-state index contributed by atoms with van der Waals surface area (Å²) in [5, 5.41) is 0. The minimum atomic E-state index is 1.05. The monoisotopic (exact) mass is 246 g/mol. The molecule has 4 rings (SSSR count). The Balaban J connectivity index is 1.65. The van der Waals surface area contributed by atoms with E-state index in [9.17, 15) is 0 Å². The molecule has 0 amide bonds. The highest BCUT2D eigenvalue weighted by atomic mass is 14.7. The zero-order valence-corrected chi connectivity index (χ0v) is 12.4. The molecule has 0 spiro atoms. The van der Waals surface area contributed by atoms with E-state index < -0.39 is 0 Å². The van der Waals surface area contributed by atoms with Gasteiger partial charge in [-0.05, 0) is 78.9 Å². The average molecular weight is 246 g/mol. The highest BCUT2D eigenvalue weighted by molar-refractivity contribution is 5.12. The molecule has 0 N–H and O–H groups in total. The first-order valence-electron chi connectivity index (χ1n) is 8.74. The minimum Gasteiger partial charge on any atom is -0.0651 e. The van der Waals surface area contributed by atoms with E-state index in [1.807, 2.05) is 0 Å². The van der Waals surface area contributed by atoms with Crippen LogP contribution in [0.15, 0.2) is 0 Å². The highest BCUT2D eigenvalue weighted by Crippen LogP contribution is 2.70. The van der Waals surface area contributed by atoms with Crippen LogP contribution in [-0.2, 0) is 0 Å². The van der Waals surface area contributed by atoms with Crippen LogP contribution in [0.2, 0.25) is 0 Å². The summed E-state index contributed by atoms with van der Waals surface area (Å²) in [5.41, 5.74) is 0. The van der Waals surface area contributed by atoms with Gasteiger partial charge in [0.2, 0.25) is 0 Å². The number of hydrogen-bond acceptors (Lipinski definition) is 0. The number of rotatable bonds is 2. The Morgan fingerprint density at radius 3 is 1.61 bits per heavy atom. The van der Waals surface area contributed by atoms with Gasteiger partial charge in [-0.3, -0.25) is 0 Å². The van der Waals surface area contributed by atoms with Crippen molar-refractivity contribution in [3.8, 4) is 0 Å². The molecule has 4 aliphatic carbocycles. The maximum atomic E-state index is 2.52. The highest BCUT2D eigenvalue weighted by Gasteiger charge is 2.64. The molecule has 0 heteroatoms. The van der Waals surface area contributed by atoms with Gasteiger partial charge < -0.3 is 0 Å². The van der Waals surface area contributed by atoms with Crippen LogP contribution in [0.3, 0.4) is 0 Å². The molecule has 0 aromatic carbocycles. The van der Waals surface area contributed by atoms with Crippen LogP contribution < -0.4 is 0 Å². The lowest BCUT2D eigenvalue weighted by Crippen LogP contribution is -2.33. The third-order valence-electron chi connectivity index (χ3n) is 7.72. The molecule has 0 aliphatic heterocycles. The summed E-state index contributed by atoms with van der Waals surface area (Å²) in [5.74, 6) is 10.2. The van der Waals surface area contributed by atoms with Crippen molar-refractivity contribution in [3.05, 3.63) is 0 Å². The van der Waals surface area contributed by atoms with Gasteiger partial charge in [-0.1, -0.05) is 33.6 Å². The van der Waals surface area contributed by atoms with Gasteiger partial charge in [0.1, 0.15) is 0 Å². The zero-order chi connectivity index (χ0) is 12.4. The molecule has 2 bridgehead atoms. The Morgan fingerprint density at radius 2 is 1.17 bits per heavy atom. The van der Waals surface area contributed by atoms with Crippen molar-refractivity contribution in [2.24, 2.45) is 53.3 Å². The summed E-state index contributed by atoms with van der Waals surface area (Å²) in [6, 6.07) is 0. The van der Waals surface area contributed by atoms with Gasteiger partial charge in [-0.15, -0.1) is 0 Å². The van der Waals surface area contributed by atoms with Crippen LogP contribution in [0.25, 0.3) is 0 Å². The molecule has 0 heterocycles. The maximum Gasteiger partial charge on any atom is -0.0321 e. The van der Waals surface area contributed by atoms with Crippen molar-refractivity contribution in [2.75, 3.05) is 0 Å². The van der Waals surface area contributed by atoms with Gasteiger partial charge in [-0.25, -0.2) is 0 Å². The molecule has 4 fully saturated rings. The molecule has 0 aromatic rings. The van der Waals surface area contributed by atoms with E-state index in [1.165, 1.54) is 12.8 Å². The standard InChI is InChI=1S/C18H30/c1-4-11-8-12(5-2)18-16-9-15(17(11)18)13-6-10(3)7-14(13)16/h10-18H,4-9H2,1-3H3. The van der Waals surface area contributed by atoms with Gasteiger partial charge in [-0.2, -0.15) is 0 Å². The lowest BCUT2D eigenvalue weighted by molar-refractivity contribution is 0.0950. The fourth-order valence-electron chi connectivity index (χ4n) is 7.39. The third-order valence-corrected chi connectivity index (χ3v) is 7.72. The Hall–Kier alpha value is 0. The molecule has 0 saturated heterocycles. The van der Waals surface area contributed by atoms with E-state index in [2.05, 4.69) is 20.8 Å². The van der Waals surface area contributed by atoms with Crippen molar-refractivity contribution in [2.45, 2.75) is 59.3 Å². The second kappa shape index (κ2) is 4.00. The average Bonchev–Trinajstić information content (AvgIpc) is 3.03. The summed E-state index contributed by atoms with van der Waals surface area (Å²) < 4.78 is 0. The fraction of sp³-hybridized carbons (Fsp3) is 1.00. The topological polar surface area (TPSA) is 0 Å². The quantitative estimate of drug-likeness (QED) is 0.644. The smallest absolute Gasteiger partial charge is 0.0321 e. The Bertz CT molecular complexity index is 303. The summed E-state index contributed by atoms with van der Waals surface area (Å²) >= 11 is 0. The molecule has 4 saturated carbocycles. The van der Waals surface area contributed by atoms with Gasteiger partial charge >= 0.3 is 0 Å². The van der Waals surface area contributed by atoms with Crippen molar-refractivity contribution in [1.29, 1.82) is 0 Å². The van der Waals surface area contributed by atoms with E-state index >= 15 is 0 Å². The van der Waals surface area contributed by atoms with E-state index in [1.54, 1.807) is 25.7 Å². The fourth-order valence-corrected chi connectivity index (χ4v) is 7.39. The second-order valence-electron chi connectivity index (χ2n) is 8.19. The molecule has 8 unspecified atom stereocenters. The van der Waals surface area contributed by atoms with Crippen LogP contribution in [0.5, 0.6) is 0 Å². The maximum absolute atomic E-state index is 2.52.